The highest BCUT2D eigenvalue weighted by molar-refractivity contribution is 6.30. The molecule has 0 aliphatic carbocycles. The second kappa shape index (κ2) is 5.43. The lowest BCUT2D eigenvalue weighted by Gasteiger charge is -2.16. The Bertz CT molecular complexity index is 817. The van der Waals surface area contributed by atoms with Crippen molar-refractivity contribution in [3.05, 3.63) is 82.4 Å². The molecule has 4 heteroatoms. The molecule has 0 aromatic heterocycles. The van der Waals surface area contributed by atoms with Crippen LogP contribution in [0.5, 0.6) is 0 Å². The van der Waals surface area contributed by atoms with Crippen LogP contribution in [0, 0.1) is 11.6 Å². The molecule has 21 heavy (non-hydrogen) atoms. The van der Waals surface area contributed by atoms with E-state index in [1.165, 1.54) is 12.1 Å². The summed E-state index contributed by atoms with van der Waals surface area (Å²) in [5.41, 5.74) is 7.18. The SMILES string of the molecule is NC(c1ccc(Cl)cc1F)c1ccc(F)c2ccccc12. The predicted molar refractivity (Wildman–Crippen MR) is 81.3 cm³/mol. The number of fused-ring (bicyclic) bond motifs is 1. The molecular formula is C17H12ClF2N. The number of halogens is 3. The minimum atomic E-state index is -0.687. The summed E-state index contributed by atoms with van der Waals surface area (Å²) in [4.78, 5) is 0. The first-order valence-corrected chi connectivity index (χ1v) is 6.83. The Morgan fingerprint density at radius 1 is 0.810 bits per heavy atom. The fourth-order valence-electron chi connectivity index (χ4n) is 2.48. The highest BCUT2D eigenvalue weighted by Crippen LogP contribution is 2.30. The van der Waals surface area contributed by atoms with Gasteiger partial charge in [0, 0.05) is 16.0 Å². The minimum Gasteiger partial charge on any atom is -0.320 e. The summed E-state index contributed by atoms with van der Waals surface area (Å²) >= 11 is 5.75. The smallest absolute Gasteiger partial charge is 0.131 e. The van der Waals surface area contributed by atoms with Gasteiger partial charge in [-0.05, 0) is 29.1 Å². The van der Waals surface area contributed by atoms with E-state index in [1.54, 1.807) is 42.5 Å². The summed E-state index contributed by atoms with van der Waals surface area (Å²) in [5, 5.41) is 1.46. The van der Waals surface area contributed by atoms with E-state index >= 15 is 0 Å². The highest BCUT2D eigenvalue weighted by atomic mass is 35.5. The molecular weight excluding hydrogens is 292 g/mol. The van der Waals surface area contributed by atoms with Gasteiger partial charge in [-0.3, -0.25) is 0 Å². The van der Waals surface area contributed by atoms with E-state index in [9.17, 15) is 8.78 Å². The van der Waals surface area contributed by atoms with Crippen molar-refractivity contribution in [1.29, 1.82) is 0 Å². The molecule has 0 fully saturated rings. The molecule has 3 rings (SSSR count). The summed E-state index contributed by atoms with van der Waals surface area (Å²) in [6.45, 7) is 0. The van der Waals surface area contributed by atoms with Gasteiger partial charge >= 0.3 is 0 Å². The van der Waals surface area contributed by atoms with Crippen LogP contribution in [-0.2, 0) is 0 Å². The van der Waals surface area contributed by atoms with Crippen LogP contribution in [0.1, 0.15) is 17.2 Å². The summed E-state index contributed by atoms with van der Waals surface area (Å²) in [5.74, 6) is -0.790. The molecule has 3 aromatic rings. The van der Waals surface area contributed by atoms with Crippen LogP contribution in [0.3, 0.4) is 0 Å². The average molecular weight is 304 g/mol. The molecule has 2 N–H and O–H groups in total. The number of hydrogen-bond donors (Lipinski definition) is 1. The zero-order valence-electron chi connectivity index (χ0n) is 11.0. The van der Waals surface area contributed by atoms with Crippen LogP contribution in [0.25, 0.3) is 10.8 Å². The van der Waals surface area contributed by atoms with Crippen molar-refractivity contribution in [2.45, 2.75) is 6.04 Å². The molecule has 1 nitrogen and oxygen atoms in total. The van der Waals surface area contributed by atoms with Crippen molar-refractivity contribution in [1.82, 2.24) is 0 Å². The summed E-state index contributed by atoms with van der Waals surface area (Å²) in [7, 11) is 0. The van der Waals surface area contributed by atoms with Crippen molar-refractivity contribution < 1.29 is 8.78 Å². The zero-order valence-corrected chi connectivity index (χ0v) is 11.7. The second-order valence-electron chi connectivity index (χ2n) is 4.83. The Kier molecular flexibility index (Phi) is 3.62. The van der Waals surface area contributed by atoms with Crippen molar-refractivity contribution in [2.24, 2.45) is 5.73 Å². The summed E-state index contributed by atoms with van der Waals surface area (Å²) in [6, 6.07) is 13.6. The zero-order chi connectivity index (χ0) is 15.0. The van der Waals surface area contributed by atoms with Gasteiger partial charge in [0.15, 0.2) is 0 Å². The van der Waals surface area contributed by atoms with Crippen LogP contribution >= 0.6 is 11.6 Å². The Hall–Kier alpha value is -1.97. The van der Waals surface area contributed by atoms with Crippen LogP contribution in [-0.4, -0.2) is 0 Å². The van der Waals surface area contributed by atoms with Gasteiger partial charge in [0.25, 0.3) is 0 Å². The third kappa shape index (κ3) is 2.50. The molecule has 0 amide bonds. The first kappa shape index (κ1) is 14.0. The molecule has 1 atom stereocenters. The predicted octanol–water partition coefficient (Wildman–Crippen LogP) is 4.82. The van der Waals surface area contributed by atoms with Crippen LogP contribution in [0.4, 0.5) is 8.78 Å². The molecule has 0 saturated carbocycles. The van der Waals surface area contributed by atoms with Crippen molar-refractivity contribution in [3.8, 4) is 0 Å². The monoisotopic (exact) mass is 303 g/mol. The largest absolute Gasteiger partial charge is 0.320 e. The molecule has 1 unspecified atom stereocenters. The molecule has 3 aromatic carbocycles. The minimum absolute atomic E-state index is 0.312. The first-order valence-electron chi connectivity index (χ1n) is 6.45. The molecule has 0 aliphatic heterocycles. The average Bonchev–Trinajstić information content (AvgIpc) is 2.47. The lowest BCUT2D eigenvalue weighted by molar-refractivity contribution is 0.600. The maximum Gasteiger partial charge on any atom is 0.131 e. The Morgan fingerprint density at radius 2 is 1.48 bits per heavy atom. The highest BCUT2D eigenvalue weighted by Gasteiger charge is 2.17. The van der Waals surface area contributed by atoms with Gasteiger partial charge in [-0.25, -0.2) is 8.78 Å². The van der Waals surface area contributed by atoms with Gasteiger partial charge in [0.05, 0.1) is 6.04 Å². The lowest BCUT2D eigenvalue weighted by atomic mass is 9.94. The lowest BCUT2D eigenvalue weighted by Crippen LogP contribution is -2.14. The van der Waals surface area contributed by atoms with Crippen molar-refractivity contribution in [2.75, 3.05) is 0 Å². The molecule has 106 valence electrons. The number of hydrogen-bond acceptors (Lipinski definition) is 1. The quantitative estimate of drug-likeness (QED) is 0.721. The fourth-order valence-corrected chi connectivity index (χ4v) is 2.64. The van der Waals surface area contributed by atoms with E-state index in [4.69, 9.17) is 17.3 Å². The van der Waals surface area contributed by atoms with Gasteiger partial charge in [-0.1, -0.05) is 48.0 Å². The first-order chi connectivity index (χ1) is 10.1. The van der Waals surface area contributed by atoms with Crippen molar-refractivity contribution >= 4 is 22.4 Å². The third-order valence-corrected chi connectivity index (χ3v) is 3.77. The van der Waals surface area contributed by atoms with Gasteiger partial charge < -0.3 is 5.73 Å². The summed E-state index contributed by atoms with van der Waals surface area (Å²) in [6.07, 6.45) is 0. The molecule has 0 saturated heterocycles. The molecule has 0 bridgehead atoms. The Balaban J connectivity index is 2.18. The number of benzene rings is 3. The maximum atomic E-state index is 14.0. The topological polar surface area (TPSA) is 26.0 Å². The molecule has 0 radical (unpaired) electrons. The van der Waals surface area contributed by atoms with Crippen LogP contribution < -0.4 is 5.73 Å². The van der Waals surface area contributed by atoms with Gasteiger partial charge in [0.1, 0.15) is 11.6 Å². The van der Waals surface area contributed by atoms with Crippen LogP contribution in [0.15, 0.2) is 54.6 Å². The molecule has 0 spiro atoms. The standard InChI is InChI=1S/C17H12ClF2N/c18-10-5-6-14(16(20)9-10)17(21)13-7-8-15(19)12-4-2-1-3-11(12)13/h1-9,17H,21H2. The van der Waals surface area contributed by atoms with Gasteiger partial charge in [0.2, 0.25) is 0 Å². The maximum absolute atomic E-state index is 14.0. The Morgan fingerprint density at radius 3 is 2.19 bits per heavy atom. The molecule has 0 heterocycles. The normalized spacial score (nSPS) is 12.6. The van der Waals surface area contributed by atoms with E-state index in [-0.39, 0.29) is 5.82 Å². The van der Waals surface area contributed by atoms with E-state index in [0.717, 1.165) is 0 Å². The van der Waals surface area contributed by atoms with E-state index in [1.807, 2.05) is 0 Å². The fraction of sp³-hybridized carbons (Fsp3) is 0.0588. The number of nitrogens with two attached hydrogens (primary N) is 1. The van der Waals surface area contributed by atoms with Gasteiger partial charge in [-0.2, -0.15) is 0 Å². The second-order valence-corrected chi connectivity index (χ2v) is 5.26. The van der Waals surface area contributed by atoms with E-state index < -0.39 is 11.9 Å². The van der Waals surface area contributed by atoms with Gasteiger partial charge in [-0.15, -0.1) is 0 Å². The van der Waals surface area contributed by atoms with Crippen LogP contribution in [0.2, 0.25) is 5.02 Å². The number of rotatable bonds is 2. The van der Waals surface area contributed by atoms with Crippen molar-refractivity contribution in [3.63, 3.8) is 0 Å². The molecule has 0 aliphatic rings. The van der Waals surface area contributed by atoms with E-state index in [0.29, 0.717) is 26.9 Å². The van der Waals surface area contributed by atoms with E-state index in [2.05, 4.69) is 0 Å². The Labute approximate surface area is 126 Å². The third-order valence-electron chi connectivity index (χ3n) is 3.54. The summed E-state index contributed by atoms with van der Waals surface area (Å²) < 4.78 is 27.9.